The average Bonchev–Trinajstić information content (AvgIpc) is 2.37. The number of nitrogens with zero attached hydrogens (tertiary/aromatic N) is 2. The van der Waals surface area contributed by atoms with E-state index in [0.29, 0.717) is 12.2 Å². The fraction of sp³-hybridized carbons (Fsp3) is 0.357. The molecule has 5 nitrogen and oxygen atoms in total. The van der Waals surface area contributed by atoms with Crippen LogP contribution < -0.4 is 5.32 Å². The molecule has 0 spiro atoms. The van der Waals surface area contributed by atoms with E-state index in [0.717, 1.165) is 5.56 Å². The Morgan fingerprint density at radius 2 is 1.95 bits per heavy atom. The average molecular weight is 259 g/mol. The van der Waals surface area contributed by atoms with Gasteiger partial charge in [-0.3, -0.25) is 9.59 Å². The summed E-state index contributed by atoms with van der Waals surface area (Å²) in [7, 11) is 0. The number of nitriles is 1. The Hall–Kier alpha value is -2.35. The Labute approximate surface area is 112 Å². The van der Waals surface area contributed by atoms with Crippen molar-refractivity contribution in [2.75, 3.05) is 18.4 Å². The topological polar surface area (TPSA) is 73.2 Å². The van der Waals surface area contributed by atoms with E-state index in [1.165, 1.54) is 11.8 Å². The van der Waals surface area contributed by atoms with Crippen molar-refractivity contribution < 1.29 is 9.59 Å². The van der Waals surface area contributed by atoms with Gasteiger partial charge in [-0.2, -0.15) is 5.26 Å². The van der Waals surface area contributed by atoms with Crippen molar-refractivity contribution in [2.45, 2.75) is 20.3 Å². The highest BCUT2D eigenvalue weighted by Crippen LogP contribution is 2.10. The van der Waals surface area contributed by atoms with Crippen LogP contribution in [0, 0.1) is 11.3 Å². The van der Waals surface area contributed by atoms with Gasteiger partial charge in [0.15, 0.2) is 0 Å². The zero-order valence-corrected chi connectivity index (χ0v) is 11.1. The lowest BCUT2D eigenvalue weighted by molar-refractivity contribution is -0.129. The van der Waals surface area contributed by atoms with Crippen molar-refractivity contribution in [3.63, 3.8) is 0 Å². The summed E-state index contributed by atoms with van der Waals surface area (Å²) in [4.78, 5) is 24.3. The van der Waals surface area contributed by atoms with Crippen LogP contribution in [0.15, 0.2) is 24.3 Å². The predicted octanol–water partition coefficient (Wildman–Crippen LogP) is 1.56. The molecule has 0 bridgehead atoms. The van der Waals surface area contributed by atoms with E-state index in [2.05, 4.69) is 5.32 Å². The van der Waals surface area contributed by atoms with Crippen molar-refractivity contribution in [2.24, 2.45) is 0 Å². The maximum atomic E-state index is 11.9. The van der Waals surface area contributed by atoms with E-state index in [4.69, 9.17) is 5.26 Å². The number of anilines is 1. The first kappa shape index (κ1) is 14.7. The van der Waals surface area contributed by atoms with Crippen molar-refractivity contribution in [1.82, 2.24) is 4.90 Å². The van der Waals surface area contributed by atoms with Crippen LogP contribution in [0.1, 0.15) is 19.4 Å². The van der Waals surface area contributed by atoms with Crippen LogP contribution >= 0.6 is 0 Å². The molecule has 0 heterocycles. The third kappa shape index (κ3) is 4.80. The van der Waals surface area contributed by atoms with Gasteiger partial charge in [0.05, 0.1) is 12.5 Å². The molecule has 19 heavy (non-hydrogen) atoms. The third-order valence-electron chi connectivity index (χ3n) is 2.63. The van der Waals surface area contributed by atoms with Crippen LogP contribution in [0.3, 0.4) is 0 Å². The number of amides is 2. The number of carbonyl (C=O) groups excluding carboxylic acids is 2. The molecule has 5 heteroatoms. The zero-order chi connectivity index (χ0) is 14.3. The molecule has 0 fully saturated rings. The van der Waals surface area contributed by atoms with Crippen molar-refractivity contribution in [3.8, 4) is 6.07 Å². The summed E-state index contributed by atoms with van der Waals surface area (Å²) in [6.45, 7) is 3.92. The van der Waals surface area contributed by atoms with Crippen LogP contribution in [0.4, 0.5) is 5.69 Å². The van der Waals surface area contributed by atoms with E-state index in [1.54, 1.807) is 24.3 Å². The summed E-state index contributed by atoms with van der Waals surface area (Å²) in [6.07, 6.45) is 0.260. The lowest BCUT2D eigenvalue weighted by Crippen LogP contribution is -2.32. The molecule has 0 aliphatic heterocycles. The lowest BCUT2D eigenvalue weighted by atomic mass is 10.1. The van der Waals surface area contributed by atoms with Crippen LogP contribution in [0.5, 0.6) is 0 Å². The zero-order valence-electron chi connectivity index (χ0n) is 11.1. The number of rotatable bonds is 5. The maximum absolute atomic E-state index is 11.9. The normalized spacial score (nSPS) is 9.53. The summed E-state index contributed by atoms with van der Waals surface area (Å²) >= 11 is 0. The third-order valence-corrected chi connectivity index (χ3v) is 2.63. The molecule has 0 aromatic heterocycles. The molecule has 0 unspecified atom stereocenters. The van der Waals surface area contributed by atoms with Gasteiger partial charge in [0.2, 0.25) is 11.8 Å². The van der Waals surface area contributed by atoms with Crippen molar-refractivity contribution >= 4 is 17.5 Å². The molecule has 0 aliphatic rings. The van der Waals surface area contributed by atoms with Crippen LogP contribution in [0.2, 0.25) is 0 Å². The molecular formula is C14H17N3O2. The Morgan fingerprint density at radius 1 is 1.32 bits per heavy atom. The molecule has 1 rings (SSSR count). The lowest BCUT2D eigenvalue weighted by Gasteiger charge is -2.17. The molecular weight excluding hydrogens is 242 g/mol. The van der Waals surface area contributed by atoms with Crippen molar-refractivity contribution in [3.05, 3.63) is 29.8 Å². The van der Waals surface area contributed by atoms with Crippen LogP contribution in [0.25, 0.3) is 0 Å². The molecule has 0 aliphatic carbocycles. The Kier molecular flexibility index (Phi) is 5.55. The molecule has 0 saturated carbocycles. The molecule has 1 aromatic rings. The minimum Gasteiger partial charge on any atom is -0.329 e. The SMILES string of the molecule is CCN(CC#N)C(=O)Cc1ccc(NC(C)=O)cc1. The second kappa shape index (κ2) is 7.17. The summed E-state index contributed by atoms with van der Waals surface area (Å²) in [5, 5.41) is 11.3. The molecule has 1 N–H and O–H groups in total. The minimum absolute atomic E-state index is 0.0728. The van der Waals surface area contributed by atoms with Crippen molar-refractivity contribution in [1.29, 1.82) is 5.26 Å². The quantitative estimate of drug-likeness (QED) is 0.815. The first-order valence-electron chi connectivity index (χ1n) is 6.08. The highest BCUT2D eigenvalue weighted by atomic mass is 16.2. The number of carbonyl (C=O) groups is 2. The highest BCUT2D eigenvalue weighted by molar-refractivity contribution is 5.88. The van der Waals surface area contributed by atoms with E-state index in [9.17, 15) is 9.59 Å². The molecule has 0 atom stereocenters. The molecule has 0 radical (unpaired) electrons. The minimum atomic E-state index is -0.130. The molecule has 100 valence electrons. The van der Waals surface area contributed by atoms with Crippen LogP contribution in [-0.4, -0.2) is 29.8 Å². The monoisotopic (exact) mass is 259 g/mol. The van der Waals surface area contributed by atoms with Gasteiger partial charge < -0.3 is 10.2 Å². The van der Waals surface area contributed by atoms with E-state index in [-0.39, 0.29) is 24.8 Å². The number of benzene rings is 1. The Bertz CT molecular complexity index is 488. The van der Waals surface area contributed by atoms with Gasteiger partial charge in [-0.05, 0) is 24.6 Å². The van der Waals surface area contributed by atoms with Gasteiger partial charge in [0, 0.05) is 19.2 Å². The van der Waals surface area contributed by atoms with Crippen LogP contribution in [-0.2, 0) is 16.0 Å². The Balaban J connectivity index is 2.65. The number of likely N-dealkylation sites (N-methyl/N-ethyl adjacent to an activating group) is 1. The van der Waals surface area contributed by atoms with E-state index >= 15 is 0 Å². The number of hydrogen-bond acceptors (Lipinski definition) is 3. The number of hydrogen-bond donors (Lipinski definition) is 1. The largest absolute Gasteiger partial charge is 0.329 e. The smallest absolute Gasteiger partial charge is 0.227 e. The maximum Gasteiger partial charge on any atom is 0.227 e. The summed E-state index contributed by atoms with van der Waals surface area (Å²) in [5.74, 6) is -0.202. The number of nitrogens with one attached hydrogen (secondary N) is 1. The fourth-order valence-corrected chi connectivity index (χ4v) is 1.66. The fourth-order valence-electron chi connectivity index (χ4n) is 1.66. The summed E-state index contributed by atoms with van der Waals surface area (Å²) in [5.41, 5.74) is 1.56. The van der Waals surface area contributed by atoms with E-state index < -0.39 is 0 Å². The Morgan fingerprint density at radius 3 is 2.42 bits per heavy atom. The van der Waals surface area contributed by atoms with Gasteiger partial charge in [-0.25, -0.2) is 0 Å². The highest BCUT2D eigenvalue weighted by Gasteiger charge is 2.11. The van der Waals surface area contributed by atoms with Gasteiger partial charge in [0.1, 0.15) is 6.54 Å². The summed E-state index contributed by atoms with van der Waals surface area (Å²) < 4.78 is 0. The first-order chi connectivity index (χ1) is 9.06. The predicted molar refractivity (Wildman–Crippen MR) is 72.3 cm³/mol. The molecule has 1 aromatic carbocycles. The molecule has 2 amide bonds. The standard InChI is InChI=1S/C14H17N3O2/c1-3-17(9-8-15)14(19)10-12-4-6-13(7-5-12)16-11(2)18/h4-7H,3,9-10H2,1-2H3,(H,16,18). The summed E-state index contributed by atoms with van der Waals surface area (Å²) in [6, 6.07) is 9.07. The second-order valence-corrected chi connectivity index (χ2v) is 4.12. The first-order valence-corrected chi connectivity index (χ1v) is 6.08. The van der Waals surface area contributed by atoms with Gasteiger partial charge >= 0.3 is 0 Å². The van der Waals surface area contributed by atoms with Gasteiger partial charge in [0.25, 0.3) is 0 Å². The second-order valence-electron chi connectivity index (χ2n) is 4.12. The van der Waals surface area contributed by atoms with Gasteiger partial charge in [-0.15, -0.1) is 0 Å². The van der Waals surface area contributed by atoms with Gasteiger partial charge in [-0.1, -0.05) is 12.1 Å². The molecule has 0 saturated heterocycles. The van der Waals surface area contributed by atoms with E-state index in [1.807, 2.05) is 13.0 Å².